The first-order chi connectivity index (χ1) is 9.39. The molecular weight excluding hydrogens is 287 g/mol. The van der Waals surface area contributed by atoms with Gasteiger partial charge in [0.05, 0.1) is 24.2 Å². The highest BCUT2D eigenvalue weighted by Crippen LogP contribution is 2.14. The summed E-state index contributed by atoms with van der Waals surface area (Å²) in [6.07, 6.45) is 0.390. The topological polar surface area (TPSA) is 69.7 Å². The molecule has 0 aliphatic rings. The minimum atomic E-state index is -3.33. The monoisotopic (exact) mass is 304 g/mol. The third-order valence-corrected chi connectivity index (χ3v) is 4.31. The Kier molecular flexibility index (Phi) is 6.09. The van der Waals surface area contributed by atoms with E-state index in [1.54, 1.807) is 0 Å². The fraction of sp³-hybridized carbons (Fsp3) is 0.462. The number of sulfone groups is 1. The number of carbonyl (C=O) groups excluding carboxylic acids is 1. The van der Waals surface area contributed by atoms with Gasteiger partial charge in [-0.3, -0.25) is 0 Å². The molecule has 1 rings (SSSR count). The highest BCUT2D eigenvalue weighted by molar-refractivity contribution is 7.90. The van der Waals surface area contributed by atoms with Crippen molar-refractivity contribution in [3.8, 4) is 0 Å². The van der Waals surface area contributed by atoms with E-state index in [0.717, 1.165) is 13.2 Å². The van der Waals surface area contributed by atoms with Crippen molar-refractivity contribution < 1.29 is 27.1 Å². The Morgan fingerprint density at radius 1 is 1.30 bits per heavy atom. The molecule has 0 unspecified atom stereocenters. The van der Waals surface area contributed by atoms with Crippen LogP contribution in [0.2, 0.25) is 0 Å². The van der Waals surface area contributed by atoms with Crippen LogP contribution in [-0.2, 0) is 25.1 Å². The van der Waals surface area contributed by atoms with Gasteiger partial charge in [0.2, 0.25) is 0 Å². The first-order valence-electron chi connectivity index (χ1n) is 5.95. The van der Waals surface area contributed by atoms with Gasteiger partial charge in [0.25, 0.3) is 0 Å². The number of esters is 1. The summed E-state index contributed by atoms with van der Waals surface area (Å²) >= 11 is 0. The summed E-state index contributed by atoms with van der Waals surface area (Å²) in [7, 11) is -0.683. The molecule has 0 fully saturated rings. The van der Waals surface area contributed by atoms with Gasteiger partial charge < -0.3 is 9.47 Å². The molecule has 1 aromatic carbocycles. The molecular formula is C13H17FO5S. The Labute approximate surface area is 117 Å². The zero-order valence-corrected chi connectivity index (χ0v) is 12.2. The second kappa shape index (κ2) is 7.35. The van der Waals surface area contributed by atoms with Gasteiger partial charge >= 0.3 is 5.97 Å². The fourth-order valence-electron chi connectivity index (χ4n) is 1.67. The van der Waals surface area contributed by atoms with Crippen LogP contribution in [0.5, 0.6) is 0 Å². The maximum Gasteiger partial charge on any atom is 0.340 e. The number of carbonyl (C=O) groups is 1. The normalized spacial score (nSPS) is 11.3. The lowest BCUT2D eigenvalue weighted by atomic mass is 10.1. The van der Waals surface area contributed by atoms with Crippen LogP contribution in [0.3, 0.4) is 0 Å². The van der Waals surface area contributed by atoms with Crippen LogP contribution in [-0.4, -0.2) is 41.0 Å². The molecule has 1 aromatic rings. The molecule has 0 aliphatic heterocycles. The van der Waals surface area contributed by atoms with Crippen LogP contribution in [0.25, 0.3) is 0 Å². The number of hydrogen-bond donors (Lipinski definition) is 0. The summed E-state index contributed by atoms with van der Waals surface area (Å²) < 4.78 is 46.4. The predicted molar refractivity (Wildman–Crippen MR) is 71.7 cm³/mol. The van der Waals surface area contributed by atoms with E-state index < -0.39 is 21.6 Å². The second-order valence-electron chi connectivity index (χ2n) is 4.24. The highest BCUT2D eigenvalue weighted by Gasteiger charge is 2.16. The Bertz CT molecular complexity index is 568. The van der Waals surface area contributed by atoms with Crippen molar-refractivity contribution in [2.45, 2.75) is 12.2 Å². The van der Waals surface area contributed by atoms with Crippen LogP contribution in [0.4, 0.5) is 4.39 Å². The largest absolute Gasteiger partial charge is 0.465 e. The molecule has 112 valence electrons. The zero-order chi connectivity index (χ0) is 15.2. The van der Waals surface area contributed by atoms with Crippen molar-refractivity contribution in [2.24, 2.45) is 0 Å². The summed E-state index contributed by atoms with van der Waals surface area (Å²) in [6, 6.07) is 3.67. The molecule has 0 spiro atoms. The molecule has 0 bridgehead atoms. The number of hydrogen-bond acceptors (Lipinski definition) is 5. The van der Waals surface area contributed by atoms with E-state index in [1.165, 1.54) is 19.2 Å². The van der Waals surface area contributed by atoms with Crippen LogP contribution in [0.1, 0.15) is 22.3 Å². The first-order valence-corrected chi connectivity index (χ1v) is 7.78. The summed E-state index contributed by atoms with van der Waals surface area (Å²) in [5.74, 6) is -1.88. The zero-order valence-electron chi connectivity index (χ0n) is 11.4. The maximum atomic E-state index is 13.7. The molecule has 20 heavy (non-hydrogen) atoms. The Balaban J connectivity index is 2.79. The van der Waals surface area contributed by atoms with Gasteiger partial charge in [0.1, 0.15) is 5.82 Å². The van der Waals surface area contributed by atoms with E-state index >= 15 is 0 Å². The number of ether oxygens (including phenoxy) is 2. The van der Waals surface area contributed by atoms with Gasteiger partial charge in [-0.1, -0.05) is 6.07 Å². The van der Waals surface area contributed by atoms with E-state index in [2.05, 4.69) is 4.74 Å². The average molecular weight is 304 g/mol. The molecule has 0 atom stereocenters. The van der Waals surface area contributed by atoms with Crippen molar-refractivity contribution in [1.82, 2.24) is 0 Å². The number of methoxy groups -OCH3 is 2. The summed E-state index contributed by atoms with van der Waals surface area (Å²) in [6.45, 7) is 0.356. The molecule has 0 aliphatic carbocycles. The molecule has 7 heteroatoms. The standard InChI is InChI=1S/C13H17FO5S/c1-18-6-3-7-20(16,17)9-10-4-5-11(12(14)8-10)13(15)19-2/h4-5,8H,3,6-7,9H2,1-2H3. The smallest absolute Gasteiger partial charge is 0.340 e. The molecule has 0 heterocycles. The second-order valence-corrected chi connectivity index (χ2v) is 6.43. The molecule has 0 amide bonds. The van der Waals surface area contributed by atoms with Crippen molar-refractivity contribution in [2.75, 3.05) is 26.6 Å². The minimum absolute atomic E-state index is 0.0266. The lowest BCUT2D eigenvalue weighted by Crippen LogP contribution is -2.12. The number of rotatable bonds is 7. The maximum absolute atomic E-state index is 13.7. The Hall–Kier alpha value is -1.47. The summed E-state index contributed by atoms with van der Waals surface area (Å²) in [5, 5.41) is 0. The predicted octanol–water partition coefficient (Wildman–Crippen LogP) is 1.56. The Morgan fingerprint density at radius 3 is 2.55 bits per heavy atom. The van der Waals surface area contributed by atoms with E-state index in [-0.39, 0.29) is 17.1 Å². The molecule has 5 nitrogen and oxygen atoms in total. The fourth-order valence-corrected chi connectivity index (χ4v) is 3.06. The van der Waals surface area contributed by atoms with E-state index in [4.69, 9.17) is 4.74 Å². The quantitative estimate of drug-likeness (QED) is 0.565. The lowest BCUT2D eigenvalue weighted by Gasteiger charge is -2.06. The minimum Gasteiger partial charge on any atom is -0.465 e. The molecule has 0 radical (unpaired) electrons. The van der Waals surface area contributed by atoms with Gasteiger partial charge in [-0.05, 0) is 24.1 Å². The van der Waals surface area contributed by atoms with Gasteiger partial charge in [-0.15, -0.1) is 0 Å². The SMILES string of the molecule is COCCCS(=O)(=O)Cc1ccc(C(=O)OC)c(F)c1. The van der Waals surface area contributed by atoms with E-state index in [0.29, 0.717) is 18.6 Å². The highest BCUT2D eigenvalue weighted by atomic mass is 32.2. The van der Waals surface area contributed by atoms with Crippen molar-refractivity contribution >= 4 is 15.8 Å². The molecule has 0 aromatic heterocycles. The van der Waals surface area contributed by atoms with Gasteiger partial charge in [-0.2, -0.15) is 0 Å². The van der Waals surface area contributed by atoms with Crippen molar-refractivity contribution in [3.05, 3.63) is 35.1 Å². The van der Waals surface area contributed by atoms with Crippen molar-refractivity contribution in [3.63, 3.8) is 0 Å². The third kappa shape index (κ3) is 4.90. The van der Waals surface area contributed by atoms with Crippen molar-refractivity contribution in [1.29, 1.82) is 0 Å². The van der Waals surface area contributed by atoms with Crippen LogP contribution < -0.4 is 0 Å². The summed E-state index contributed by atoms with van der Waals surface area (Å²) in [5.41, 5.74) is 0.0839. The van der Waals surface area contributed by atoms with Gasteiger partial charge in [0.15, 0.2) is 9.84 Å². The summed E-state index contributed by atoms with van der Waals surface area (Å²) in [4.78, 5) is 11.2. The van der Waals surface area contributed by atoms with Crippen LogP contribution >= 0.6 is 0 Å². The average Bonchev–Trinajstić information content (AvgIpc) is 2.37. The van der Waals surface area contributed by atoms with Gasteiger partial charge in [0, 0.05) is 13.7 Å². The molecule has 0 saturated heterocycles. The lowest BCUT2D eigenvalue weighted by molar-refractivity contribution is 0.0595. The molecule has 0 N–H and O–H groups in total. The van der Waals surface area contributed by atoms with Crippen LogP contribution in [0, 0.1) is 5.82 Å². The van der Waals surface area contributed by atoms with Crippen LogP contribution in [0.15, 0.2) is 18.2 Å². The third-order valence-electron chi connectivity index (χ3n) is 2.63. The number of benzene rings is 1. The van der Waals surface area contributed by atoms with Gasteiger partial charge in [-0.25, -0.2) is 17.6 Å². The van der Waals surface area contributed by atoms with E-state index in [1.807, 2.05) is 0 Å². The Morgan fingerprint density at radius 2 is 2.00 bits per heavy atom. The number of halogens is 1. The molecule has 0 saturated carbocycles. The van der Waals surface area contributed by atoms with E-state index in [9.17, 15) is 17.6 Å². The first kappa shape index (κ1) is 16.6.